The number of nitrogen functional groups attached to an aromatic ring is 1. The predicted octanol–water partition coefficient (Wildman–Crippen LogP) is 5.28. The van der Waals surface area contributed by atoms with Gasteiger partial charge in [-0.25, -0.2) is 22.8 Å². The average Bonchev–Trinajstić information content (AvgIpc) is 3.60. The summed E-state index contributed by atoms with van der Waals surface area (Å²) in [5.41, 5.74) is 9.21. The molecular weight excluding hydrogens is 565 g/mol. The van der Waals surface area contributed by atoms with Crippen LogP contribution in [0.5, 0.6) is 17.4 Å². The highest BCUT2D eigenvalue weighted by atomic mass is 19.3. The number of benzene rings is 2. The van der Waals surface area contributed by atoms with Crippen molar-refractivity contribution in [1.29, 1.82) is 0 Å². The number of nitrogens with zero attached hydrogens (tertiary/aromatic N) is 4. The smallest absolute Gasteiger partial charge is 0.272 e. The summed E-state index contributed by atoms with van der Waals surface area (Å²) in [7, 11) is 0. The normalized spacial score (nSPS) is 13.6. The van der Waals surface area contributed by atoms with E-state index in [1.165, 1.54) is 29.2 Å². The summed E-state index contributed by atoms with van der Waals surface area (Å²) in [4.78, 5) is 22.9. The summed E-state index contributed by atoms with van der Waals surface area (Å²) in [5.74, 6) is -0.321. The summed E-state index contributed by atoms with van der Waals surface area (Å²) < 4.78 is 57.7. The number of fused-ring (bicyclic) bond motifs is 1. The molecule has 222 valence electrons. The van der Waals surface area contributed by atoms with Gasteiger partial charge < -0.3 is 29.8 Å². The number of anilines is 2. The van der Waals surface area contributed by atoms with E-state index >= 15 is 0 Å². The second-order valence-corrected chi connectivity index (χ2v) is 9.92. The van der Waals surface area contributed by atoms with Gasteiger partial charge in [0.15, 0.2) is 11.6 Å². The Morgan fingerprint density at radius 1 is 1.09 bits per heavy atom. The van der Waals surface area contributed by atoms with Crippen LogP contribution in [0.3, 0.4) is 0 Å². The number of alkyl halides is 2. The molecule has 0 spiro atoms. The minimum atomic E-state index is -2.63. The van der Waals surface area contributed by atoms with Crippen molar-refractivity contribution < 1.29 is 32.2 Å². The van der Waals surface area contributed by atoms with Gasteiger partial charge in [0.1, 0.15) is 18.2 Å². The molecule has 0 bridgehead atoms. The van der Waals surface area contributed by atoms with Crippen molar-refractivity contribution in [3.63, 3.8) is 0 Å². The van der Waals surface area contributed by atoms with Crippen molar-refractivity contribution in [1.82, 2.24) is 19.7 Å². The fourth-order valence-corrected chi connectivity index (χ4v) is 4.90. The summed E-state index contributed by atoms with van der Waals surface area (Å²) in [6, 6.07) is 12.7. The first-order chi connectivity index (χ1) is 20.8. The van der Waals surface area contributed by atoms with E-state index in [9.17, 15) is 18.0 Å². The number of aromatic nitrogens is 4. The van der Waals surface area contributed by atoms with E-state index in [1.807, 2.05) is 4.90 Å². The third-order valence-corrected chi connectivity index (χ3v) is 7.05. The van der Waals surface area contributed by atoms with Crippen LogP contribution in [0.4, 0.5) is 24.7 Å². The number of nitrogens with two attached hydrogens (primary N) is 1. The molecule has 10 nitrogen and oxygen atoms in total. The van der Waals surface area contributed by atoms with Crippen LogP contribution in [0.1, 0.15) is 21.6 Å². The maximum Gasteiger partial charge on any atom is 0.272 e. The molecule has 5 aromatic rings. The number of ketones is 1. The maximum absolute atomic E-state index is 14.0. The number of carbonyl (C=O) groups is 1. The molecule has 1 fully saturated rings. The lowest BCUT2D eigenvalue weighted by Crippen LogP contribution is -2.36. The average molecular weight is 593 g/mol. The van der Waals surface area contributed by atoms with Crippen molar-refractivity contribution in [2.45, 2.75) is 13.3 Å². The van der Waals surface area contributed by atoms with Crippen molar-refractivity contribution in [2.75, 3.05) is 43.5 Å². The SMILES string of the molecule is Cc1cc(Oc2ccccc2F)ncc1-n1ncc(C(=O)c2cc3cc(OCC(F)F)c(N4CCOCC4)cc3[nH]2)c1N. The van der Waals surface area contributed by atoms with E-state index in [1.54, 1.807) is 43.3 Å². The molecule has 1 aliphatic heterocycles. The molecule has 0 unspecified atom stereocenters. The molecule has 0 atom stereocenters. The molecule has 43 heavy (non-hydrogen) atoms. The molecule has 1 aliphatic rings. The second-order valence-electron chi connectivity index (χ2n) is 9.92. The lowest BCUT2D eigenvalue weighted by molar-refractivity contribution is 0.0817. The highest BCUT2D eigenvalue weighted by Gasteiger charge is 2.23. The zero-order valence-electron chi connectivity index (χ0n) is 23.0. The van der Waals surface area contributed by atoms with Gasteiger partial charge in [0.25, 0.3) is 6.43 Å². The van der Waals surface area contributed by atoms with Crippen LogP contribution in [0.25, 0.3) is 16.6 Å². The van der Waals surface area contributed by atoms with Crippen LogP contribution < -0.4 is 20.1 Å². The van der Waals surface area contributed by atoms with Crippen LogP contribution in [0.2, 0.25) is 0 Å². The number of H-pyrrole nitrogens is 1. The van der Waals surface area contributed by atoms with Gasteiger partial charge in [-0.05, 0) is 42.8 Å². The fourth-order valence-electron chi connectivity index (χ4n) is 4.90. The summed E-state index contributed by atoms with van der Waals surface area (Å²) >= 11 is 0. The molecule has 3 N–H and O–H groups in total. The van der Waals surface area contributed by atoms with E-state index in [0.29, 0.717) is 59.9 Å². The Labute approximate surface area is 243 Å². The minimum absolute atomic E-state index is 0.0386. The van der Waals surface area contributed by atoms with Crippen LogP contribution in [-0.2, 0) is 4.74 Å². The van der Waals surface area contributed by atoms with E-state index in [0.717, 1.165) is 0 Å². The largest absolute Gasteiger partial charge is 0.485 e. The lowest BCUT2D eigenvalue weighted by Gasteiger charge is -2.30. The number of aryl methyl sites for hydroxylation is 1. The number of hydrogen-bond donors (Lipinski definition) is 2. The van der Waals surface area contributed by atoms with Crippen LogP contribution in [-0.4, -0.2) is 64.9 Å². The highest BCUT2D eigenvalue weighted by molar-refractivity contribution is 6.12. The Hall–Kier alpha value is -5.04. The van der Waals surface area contributed by atoms with E-state index in [2.05, 4.69) is 15.1 Å². The molecular formula is C30H27F3N6O4. The third kappa shape index (κ3) is 5.71. The van der Waals surface area contributed by atoms with Crippen molar-refractivity contribution in [3.05, 3.63) is 83.6 Å². The zero-order valence-corrected chi connectivity index (χ0v) is 23.0. The molecule has 4 heterocycles. The summed E-state index contributed by atoms with van der Waals surface area (Å²) in [6.07, 6.45) is 0.202. The third-order valence-electron chi connectivity index (χ3n) is 7.05. The number of ether oxygens (including phenoxy) is 3. The van der Waals surface area contributed by atoms with Gasteiger partial charge in [0.05, 0.1) is 48.2 Å². The number of carbonyl (C=O) groups excluding carboxylic acids is 1. The van der Waals surface area contributed by atoms with Gasteiger partial charge >= 0.3 is 0 Å². The van der Waals surface area contributed by atoms with E-state index < -0.39 is 24.6 Å². The zero-order chi connectivity index (χ0) is 30.1. The Morgan fingerprint density at radius 3 is 2.63 bits per heavy atom. The second kappa shape index (κ2) is 11.7. The topological polar surface area (TPSA) is 121 Å². The van der Waals surface area contributed by atoms with E-state index in [4.69, 9.17) is 19.9 Å². The maximum atomic E-state index is 14.0. The number of hydrogen-bond acceptors (Lipinski definition) is 8. The Balaban J connectivity index is 1.28. The first kappa shape index (κ1) is 28.1. The number of morpholine rings is 1. The number of halogens is 3. The van der Waals surface area contributed by atoms with Gasteiger partial charge in [-0.15, -0.1) is 0 Å². The van der Waals surface area contributed by atoms with Crippen molar-refractivity contribution in [3.8, 4) is 23.1 Å². The standard InChI is InChI=1S/C30H27F3N6O4/c1-17-10-28(43-25-5-3-2-4-20(25)31)35-15-24(17)39-30(34)19(14-36-39)29(40)22-11-18-12-26(42-16-27(32)33)23(13-21(18)37-22)38-6-8-41-9-7-38/h2-5,10-15,27,37H,6-9,16,34H2,1H3. The summed E-state index contributed by atoms with van der Waals surface area (Å²) in [6.45, 7) is 3.18. The minimum Gasteiger partial charge on any atom is -0.485 e. The molecule has 0 saturated carbocycles. The number of para-hydroxylation sites is 1. The monoisotopic (exact) mass is 592 g/mol. The first-order valence-electron chi connectivity index (χ1n) is 13.5. The molecule has 13 heteroatoms. The van der Waals surface area contributed by atoms with Gasteiger partial charge in [-0.1, -0.05) is 12.1 Å². The lowest BCUT2D eigenvalue weighted by atomic mass is 10.1. The van der Waals surface area contributed by atoms with Gasteiger partial charge in [-0.2, -0.15) is 5.10 Å². The van der Waals surface area contributed by atoms with Crippen LogP contribution in [0, 0.1) is 12.7 Å². The number of rotatable bonds is 9. The number of aromatic amines is 1. The number of pyridine rings is 1. The number of nitrogens with one attached hydrogen (secondary N) is 1. The first-order valence-corrected chi connectivity index (χ1v) is 13.5. The van der Waals surface area contributed by atoms with Gasteiger partial charge in [0.2, 0.25) is 11.7 Å². The molecule has 3 aromatic heterocycles. The molecule has 2 aromatic carbocycles. The van der Waals surface area contributed by atoms with E-state index in [-0.39, 0.29) is 28.7 Å². The molecule has 1 saturated heterocycles. The molecule has 6 rings (SSSR count). The Morgan fingerprint density at radius 2 is 1.88 bits per heavy atom. The summed E-state index contributed by atoms with van der Waals surface area (Å²) in [5, 5.41) is 4.92. The van der Waals surface area contributed by atoms with Crippen molar-refractivity contribution >= 4 is 28.2 Å². The molecule has 0 radical (unpaired) electrons. The van der Waals surface area contributed by atoms with Crippen LogP contribution >= 0.6 is 0 Å². The van der Waals surface area contributed by atoms with Gasteiger partial charge in [0, 0.05) is 30.1 Å². The van der Waals surface area contributed by atoms with Crippen molar-refractivity contribution in [2.24, 2.45) is 0 Å². The molecule has 0 aliphatic carbocycles. The highest BCUT2D eigenvalue weighted by Crippen LogP contribution is 2.35. The van der Waals surface area contributed by atoms with Gasteiger partial charge in [-0.3, -0.25) is 4.79 Å². The molecule has 0 amide bonds. The Bertz CT molecular complexity index is 1800. The fraction of sp³-hybridized carbons (Fsp3) is 0.233. The Kier molecular flexibility index (Phi) is 7.63. The predicted molar refractivity (Wildman–Crippen MR) is 153 cm³/mol. The quantitative estimate of drug-likeness (QED) is 0.222. The van der Waals surface area contributed by atoms with Crippen LogP contribution in [0.15, 0.2) is 60.9 Å².